The zero-order valence-electron chi connectivity index (χ0n) is 10.8. The molecular weight excluding hydrogens is 230 g/mol. The number of aryl methyl sites for hydroxylation is 1. The highest BCUT2D eigenvalue weighted by Gasteiger charge is 2.24. The van der Waals surface area contributed by atoms with Crippen LogP contribution in [0.5, 0.6) is 5.75 Å². The van der Waals surface area contributed by atoms with Crippen molar-refractivity contribution < 1.29 is 14.6 Å². The molecule has 0 aliphatic carbocycles. The smallest absolute Gasteiger partial charge is 0.260 e. The van der Waals surface area contributed by atoms with Crippen LogP contribution in [-0.4, -0.2) is 41.7 Å². The molecule has 18 heavy (non-hydrogen) atoms. The summed E-state index contributed by atoms with van der Waals surface area (Å²) >= 11 is 0. The average Bonchev–Trinajstić information content (AvgIpc) is 2.77. The normalized spacial score (nSPS) is 19.1. The Labute approximate surface area is 107 Å². The van der Waals surface area contributed by atoms with Crippen LogP contribution in [0.25, 0.3) is 0 Å². The van der Waals surface area contributed by atoms with Crippen LogP contribution < -0.4 is 4.74 Å². The number of benzene rings is 1. The molecular formula is C14H19NO3. The van der Waals surface area contributed by atoms with Crippen LogP contribution in [0.2, 0.25) is 0 Å². The van der Waals surface area contributed by atoms with Crippen LogP contribution in [0.1, 0.15) is 17.5 Å². The highest BCUT2D eigenvalue weighted by atomic mass is 16.5. The minimum atomic E-state index is -0.380. The average molecular weight is 249 g/mol. The van der Waals surface area contributed by atoms with Crippen molar-refractivity contribution >= 4 is 5.91 Å². The summed E-state index contributed by atoms with van der Waals surface area (Å²) in [5, 5.41) is 9.38. The largest absolute Gasteiger partial charge is 0.483 e. The van der Waals surface area contributed by atoms with Gasteiger partial charge in [0.25, 0.3) is 5.91 Å². The SMILES string of the molecule is Cc1cccc(OCC(=O)N2CCC(O)C2)c1C. The third kappa shape index (κ3) is 2.82. The van der Waals surface area contributed by atoms with Gasteiger partial charge in [0.1, 0.15) is 5.75 Å². The molecule has 1 fully saturated rings. The van der Waals surface area contributed by atoms with Crippen LogP contribution in [-0.2, 0) is 4.79 Å². The summed E-state index contributed by atoms with van der Waals surface area (Å²) in [5.41, 5.74) is 2.21. The number of aliphatic hydroxyl groups is 1. The lowest BCUT2D eigenvalue weighted by atomic mass is 10.1. The number of carbonyl (C=O) groups excluding carboxylic acids is 1. The summed E-state index contributed by atoms with van der Waals surface area (Å²) in [5.74, 6) is 0.690. The molecule has 1 unspecified atom stereocenters. The number of ether oxygens (including phenoxy) is 1. The lowest BCUT2D eigenvalue weighted by Gasteiger charge is -2.16. The van der Waals surface area contributed by atoms with Gasteiger partial charge in [-0.15, -0.1) is 0 Å². The Morgan fingerprint density at radius 3 is 2.94 bits per heavy atom. The number of nitrogens with zero attached hydrogens (tertiary/aromatic N) is 1. The summed E-state index contributed by atoms with van der Waals surface area (Å²) < 4.78 is 5.55. The first kappa shape index (κ1) is 12.9. The number of β-amino-alcohol motifs (C(OH)–C–C–N with tert-alkyl or cyclic N) is 1. The summed E-state index contributed by atoms with van der Waals surface area (Å²) in [6.45, 7) is 5.08. The van der Waals surface area contributed by atoms with Gasteiger partial charge in [-0.25, -0.2) is 0 Å². The molecule has 0 spiro atoms. The molecule has 1 amide bonds. The summed E-state index contributed by atoms with van der Waals surface area (Å²) in [6, 6.07) is 5.80. The molecule has 1 aliphatic heterocycles. The number of amides is 1. The Kier molecular flexibility index (Phi) is 3.87. The minimum absolute atomic E-state index is 0.0387. The maximum atomic E-state index is 11.9. The monoisotopic (exact) mass is 249 g/mol. The van der Waals surface area contributed by atoms with E-state index in [2.05, 4.69) is 0 Å². The molecule has 4 heteroatoms. The second kappa shape index (κ2) is 5.40. The number of aliphatic hydroxyl groups excluding tert-OH is 1. The molecule has 98 valence electrons. The van der Waals surface area contributed by atoms with Crippen molar-refractivity contribution in [2.24, 2.45) is 0 Å². The highest BCUT2D eigenvalue weighted by molar-refractivity contribution is 5.78. The van der Waals surface area contributed by atoms with Crippen LogP contribution in [0, 0.1) is 13.8 Å². The lowest BCUT2D eigenvalue weighted by molar-refractivity contribution is -0.132. The first-order valence-corrected chi connectivity index (χ1v) is 6.23. The van der Waals surface area contributed by atoms with E-state index >= 15 is 0 Å². The Balaban J connectivity index is 1.91. The van der Waals surface area contributed by atoms with Crippen LogP contribution >= 0.6 is 0 Å². The number of likely N-dealkylation sites (tertiary alicyclic amines) is 1. The molecule has 1 aromatic carbocycles. The topological polar surface area (TPSA) is 49.8 Å². The van der Waals surface area contributed by atoms with E-state index in [9.17, 15) is 9.90 Å². The summed E-state index contributed by atoms with van der Waals surface area (Å²) in [4.78, 5) is 13.5. The van der Waals surface area contributed by atoms with Crippen molar-refractivity contribution in [2.75, 3.05) is 19.7 Å². The Morgan fingerprint density at radius 2 is 2.28 bits per heavy atom. The Bertz CT molecular complexity index is 445. The van der Waals surface area contributed by atoms with Gasteiger partial charge in [0.2, 0.25) is 0 Å². The molecule has 2 rings (SSSR count). The Hall–Kier alpha value is -1.55. The van der Waals surface area contributed by atoms with Crippen molar-refractivity contribution in [1.29, 1.82) is 0 Å². The zero-order valence-corrected chi connectivity index (χ0v) is 10.8. The van der Waals surface area contributed by atoms with E-state index < -0.39 is 0 Å². The number of rotatable bonds is 3. The lowest BCUT2D eigenvalue weighted by Crippen LogP contribution is -2.33. The second-order valence-corrected chi connectivity index (χ2v) is 4.77. The molecule has 0 saturated carbocycles. The standard InChI is InChI=1S/C14H19NO3/c1-10-4-3-5-13(11(10)2)18-9-14(17)15-7-6-12(16)8-15/h3-5,12,16H,6-9H2,1-2H3. The van der Waals surface area contributed by atoms with Crippen molar-refractivity contribution in [3.63, 3.8) is 0 Å². The third-order valence-electron chi connectivity index (χ3n) is 3.42. The third-order valence-corrected chi connectivity index (χ3v) is 3.42. The van der Waals surface area contributed by atoms with E-state index in [4.69, 9.17) is 4.74 Å². The molecule has 1 aliphatic rings. The van der Waals surface area contributed by atoms with Crippen molar-refractivity contribution in [3.05, 3.63) is 29.3 Å². The molecule has 1 aromatic rings. The fourth-order valence-electron chi connectivity index (χ4n) is 2.08. The zero-order chi connectivity index (χ0) is 13.1. The fourth-order valence-corrected chi connectivity index (χ4v) is 2.08. The van der Waals surface area contributed by atoms with E-state index in [1.54, 1.807) is 4.90 Å². The van der Waals surface area contributed by atoms with Gasteiger partial charge in [-0.3, -0.25) is 4.79 Å². The van der Waals surface area contributed by atoms with E-state index in [0.29, 0.717) is 19.5 Å². The highest BCUT2D eigenvalue weighted by Crippen LogP contribution is 2.20. The van der Waals surface area contributed by atoms with Gasteiger partial charge in [0.05, 0.1) is 6.10 Å². The predicted molar refractivity (Wildman–Crippen MR) is 68.6 cm³/mol. The van der Waals surface area contributed by atoms with Gasteiger partial charge in [-0.1, -0.05) is 12.1 Å². The number of hydrogen-bond acceptors (Lipinski definition) is 3. The maximum Gasteiger partial charge on any atom is 0.260 e. The van der Waals surface area contributed by atoms with E-state index in [1.807, 2.05) is 32.0 Å². The molecule has 0 bridgehead atoms. The summed E-state index contributed by atoms with van der Waals surface area (Å²) in [6.07, 6.45) is 0.282. The molecule has 0 aromatic heterocycles. The second-order valence-electron chi connectivity index (χ2n) is 4.77. The van der Waals surface area contributed by atoms with E-state index in [-0.39, 0.29) is 18.6 Å². The van der Waals surface area contributed by atoms with Gasteiger partial charge in [0, 0.05) is 13.1 Å². The van der Waals surface area contributed by atoms with Crippen molar-refractivity contribution in [2.45, 2.75) is 26.4 Å². The van der Waals surface area contributed by atoms with Gasteiger partial charge < -0.3 is 14.7 Å². The number of carbonyl (C=O) groups is 1. The first-order chi connectivity index (χ1) is 8.58. The summed E-state index contributed by atoms with van der Waals surface area (Å²) in [7, 11) is 0. The van der Waals surface area contributed by atoms with Crippen molar-refractivity contribution in [3.8, 4) is 5.75 Å². The maximum absolute atomic E-state index is 11.9. The fraction of sp³-hybridized carbons (Fsp3) is 0.500. The molecule has 1 saturated heterocycles. The van der Waals surface area contributed by atoms with E-state index in [0.717, 1.165) is 16.9 Å². The molecule has 1 atom stereocenters. The van der Waals surface area contributed by atoms with Gasteiger partial charge >= 0.3 is 0 Å². The van der Waals surface area contributed by atoms with Crippen LogP contribution in [0.3, 0.4) is 0 Å². The van der Waals surface area contributed by atoms with Crippen LogP contribution in [0.4, 0.5) is 0 Å². The van der Waals surface area contributed by atoms with Gasteiger partial charge in [0.15, 0.2) is 6.61 Å². The first-order valence-electron chi connectivity index (χ1n) is 6.23. The van der Waals surface area contributed by atoms with Gasteiger partial charge in [-0.2, -0.15) is 0 Å². The molecule has 1 N–H and O–H groups in total. The quantitative estimate of drug-likeness (QED) is 0.877. The predicted octanol–water partition coefficient (Wildman–Crippen LogP) is 1.28. The minimum Gasteiger partial charge on any atom is -0.483 e. The number of hydrogen-bond donors (Lipinski definition) is 1. The molecule has 0 radical (unpaired) electrons. The molecule has 4 nitrogen and oxygen atoms in total. The van der Waals surface area contributed by atoms with Gasteiger partial charge in [-0.05, 0) is 37.5 Å². The molecule has 1 heterocycles. The Morgan fingerprint density at radius 1 is 1.50 bits per heavy atom. The van der Waals surface area contributed by atoms with Crippen molar-refractivity contribution in [1.82, 2.24) is 4.90 Å². The van der Waals surface area contributed by atoms with E-state index in [1.165, 1.54) is 0 Å². The van der Waals surface area contributed by atoms with Crippen LogP contribution in [0.15, 0.2) is 18.2 Å².